The number of nitriles is 1. The highest BCUT2D eigenvalue weighted by molar-refractivity contribution is 6.01. The summed E-state index contributed by atoms with van der Waals surface area (Å²) in [7, 11) is 1.51. The molecule has 1 aliphatic heterocycles. The molecule has 4 atom stereocenters. The van der Waals surface area contributed by atoms with Crippen LogP contribution >= 0.6 is 0 Å². The van der Waals surface area contributed by atoms with Gasteiger partial charge in [0.15, 0.2) is 17.3 Å². The third-order valence-electron chi connectivity index (χ3n) is 10.9. The van der Waals surface area contributed by atoms with Crippen LogP contribution in [0.1, 0.15) is 99.3 Å². The van der Waals surface area contributed by atoms with Crippen molar-refractivity contribution >= 4 is 29.2 Å². The number of benzene rings is 3. The highest BCUT2D eigenvalue weighted by Gasteiger charge is 2.36. The number of hydrogen-bond acceptors (Lipinski definition) is 12. The molecule has 0 spiro atoms. The van der Waals surface area contributed by atoms with Crippen molar-refractivity contribution in [3.63, 3.8) is 0 Å². The fourth-order valence-electron chi connectivity index (χ4n) is 7.49. The van der Waals surface area contributed by atoms with Gasteiger partial charge in [0, 0.05) is 74.3 Å². The number of ether oxygens (including phenoxy) is 3. The minimum Gasteiger partial charge on any atom is -0.494 e. The van der Waals surface area contributed by atoms with Crippen LogP contribution in [0.3, 0.4) is 0 Å². The van der Waals surface area contributed by atoms with Crippen LogP contribution in [0.2, 0.25) is 0 Å². The molecule has 62 heavy (non-hydrogen) atoms. The number of Topliss-reactive ketones (excluding diaryl/α,β-unsaturated/α-hetero) is 3. The Hall–Kier alpha value is -5.62. The Balaban J connectivity index is 1.80. The summed E-state index contributed by atoms with van der Waals surface area (Å²) in [5.41, 5.74) is 21.2. The second-order valence-electron chi connectivity index (χ2n) is 17.2. The van der Waals surface area contributed by atoms with E-state index in [9.17, 15) is 29.2 Å². The summed E-state index contributed by atoms with van der Waals surface area (Å²) in [4.78, 5) is 71.8. The van der Waals surface area contributed by atoms with Crippen molar-refractivity contribution in [2.24, 2.45) is 34.5 Å². The molecule has 14 nitrogen and oxygen atoms in total. The van der Waals surface area contributed by atoms with Gasteiger partial charge in [0.2, 0.25) is 11.8 Å². The van der Waals surface area contributed by atoms with E-state index in [1.807, 2.05) is 25.1 Å². The Morgan fingerprint density at radius 3 is 2.16 bits per heavy atom. The van der Waals surface area contributed by atoms with E-state index in [1.165, 1.54) is 11.9 Å². The van der Waals surface area contributed by atoms with Gasteiger partial charge < -0.3 is 41.6 Å². The zero-order valence-corrected chi connectivity index (χ0v) is 37.1. The zero-order chi connectivity index (χ0) is 45.6. The minimum atomic E-state index is -1.21. The number of rotatable bonds is 19. The van der Waals surface area contributed by atoms with Gasteiger partial charge in [-0.25, -0.2) is 0 Å². The number of carbonyl (C=O) groups excluding carboxylic acids is 5. The first-order valence-corrected chi connectivity index (χ1v) is 21.4. The summed E-state index contributed by atoms with van der Waals surface area (Å²) in [6.07, 6.45) is 0.602. The molecule has 334 valence electrons. The molecule has 0 saturated heterocycles. The average molecular weight is 853 g/mol. The number of fused-ring (bicyclic) bond motifs is 5. The van der Waals surface area contributed by atoms with Crippen molar-refractivity contribution in [2.45, 2.75) is 91.6 Å². The van der Waals surface area contributed by atoms with Crippen LogP contribution in [-0.2, 0) is 25.6 Å². The van der Waals surface area contributed by atoms with E-state index in [2.05, 4.69) is 26.1 Å². The molecule has 0 fully saturated rings. The van der Waals surface area contributed by atoms with Crippen molar-refractivity contribution in [3.8, 4) is 34.4 Å². The molecular weight excluding hydrogens is 789 g/mol. The predicted molar refractivity (Wildman–Crippen MR) is 238 cm³/mol. The van der Waals surface area contributed by atoms with Gasteiger partial charge in [-0.15, -0.1) is 0 Å². The number of amides is 2. The molecule has 1 aliphatic rings. The maximum absolute atomic E-state index is 14.7. The van der Waals surface area contributed by atoms with Crippen LogP contribution in [-0.4, -0.2) is 86.6 Å². The van der Waals surface area contributed by atoms with Crippen LogP contribution in [0.25, 0.3) is 11.1 Å². The second-order valence-corrected chi connectivity index (χ2v) is 17.2. The summed E-state index contributed by atoms with van der Waals surface area (Å²) in [6.45, 7) is 11.3. The van der Waals surface area contributed by atoms with Gasteiger partial charge in [0.25, 0.3) is 0 Å². The predicted octanol–water partition coefficient (Wildman–Crippen LogP) is 5.40. The van der Waals surface area contributed by atoms with Crippen molar-refractivity contribution < 1.29 is 38.2 Å². The number of nitrogens with zero attached hydrogens (tertiary/aromatic N) is 2. The lowest BCUT2D eigenvalue weighted by atomic mass is 9.88. The summed E-state index contributed by atoms with van der Waals surface area (Å²) in [5.74, 6) is -2.28. The van der Waals surface area contributed by atoms with Crippen molar-refractivity contribution in [2.75, 3.05) is 46.5 Å². The van der Waals surface area contributed by atoms with Crippen LogP contribution in [0.15, 0.2) is 54.6 Å². The van der Waals surface area contributed by atoms with Crippen molar-refractivity contribution in [1.29, 1.82) is 5.26 Å². The Labute approximate surface area is 365 Å². The number of nitrogens with two attached hydrogens (primary N) is 3. The Morgan fingerprint density at radius 2 is 1.55 bits per heavy atom. The van der Waals surface area contributed by atoms with E-state index in [4.69, 9.17) is 31.4 Å². The molecule has 0 saturated carbocycles. The number of carbonyl (C=O) groups is 5. The lowest BCUT2D eigenvalue weighted by molar-refractivity contribution is -0.142. The van der Waals surface area contributed by atoms with Gasteiger partial charge in [0.05, 0.1) is 18.7 Å². The molecule has 2 amide bonds. The van der Waals surface area contributed by atoms with Crippen molar-refractivity contribution in [3.05, 3.63) is 76.9 Å². The molecule has 4 rings (SSSR count). The first-order chi connectivity index (χ1) is 29.5. The van der Waals surface area contributed by atoms with Gasteiger partial charge in [0.1, 0.15) is 36.5 Å². The number of likely N-dealkylation sites (N-methyl/N-ethyl adjacent to an activating group) is 1. The smallest absolute Gasteiger partial charge is 0.226 e. The first kappa shape index (κ1) is 49.0. The lowest BCUT2D eigenvalue weighted by Gasteiger charge is -2.32. The fraction of sp³-hybridized carbons (Fsp3) is 0.500. The molecular formula is C48H64N6O8. The van der Waals surface area contributed by atoms with E-state index >= 15 is 0 Å². The zero-order valence-electron chi connectivity index (χ0n) is 37.1. The summed E-state index contributed by atoms with van der Waals surface area (Å²) < 4.78 is 18.2. The van der Waals surface area contributed by atoms with Crippen LogP contribution < -0.4 is 36.7 Å². The Kier molecular flexibility index (Phi) is 18.2. The standard InChI is InChI=1S/C48H64N6O8/c1-30-24-35(60-21-16-48(3,4)5)11-12-36(30)41(56)29-34(15-18-50)47(59)54(6)45-33-10-14-44(62-23-20-52)38(28-33)37-26-32(9-13-43(37)61-22-19-51)27-39(40(55)8-7-17-49)53-46(58)31(2)25-42(45)57/h9-14,24,26,28,31,34,39,45H,7-8,15-16,18-23,25,27,29,50-52H2,1-6H3,(H,53,58)/t31-,34-,39+,45+/m1/s1. The van der Waals surface area contributed by atoms with E-state index in [-0.39, 0.29) is 88.4 Å². The summed E-state index contributed by atoms with van der Waals surface area (Å²) in [5, 5.41) is 12.1. The Morgan fingerprint density at radius 1 is 0.887 bits per heavy atom. The lowest BCUT2D eigenvalue weighted by Crippen LogP contribution is -2.46. The number of ketones is 3. The van der Waals surface area contributed by atoms with Gasteiger partial charge in [-0.3, -0.25) is 24.0 Å². The van der Waals surface area contributed by atoms with Gasteiger partial charge in [-0.2, -0.15) is 5.26 Å². The monoisotopic (exact) mass is 852 g/mol. The minimum absolute atomic E-state index is 0.0253. The quantitative estimate of drug-likeness (QED) is 0.111. The molecule has 1 heterocycles. The third-order valence-corrected chi connectivity index (χ3v) is 10.9. The Bertz CT molecular complexity index is 2110. The van der Waals surface area contributed by atoms with E-state index in [1.54, 1.807) is 49.4 Å². The SMILES string of the molecule is Cc1cc(OCCC(C)(C)C)ccc1C(=O)C[C@@H](CCN)C(=O)N(C)[C@@H]1C(=O)C[C@@H](C)C(=O)N[C@H](C(=O)CCC#N)Cc2ccc(OCCN)c(c2)-c2cc1ccc2OCCN. The number of hydrogen-bond donors (Lipinski definition) is 4. The largest absolute Gasteiger partial charge is 0.494 e. The van der Waals surface area contributed by atoms with Gasteiger partial charge in [-0.1, -0.05) is 39.8 Å². The van der Waals surface area contributed by atoms with Crippen molar-refractivity contribution in [1.82, 2.24) is 10.2 Å². The second kappa shape index (κ2) is 23.0. The van der Waals surface area contributed by atoms with E-state index < -0.39 is 41.5 Å². The number of aryl methyl sites for hydroxylation is 1. The van der Waals surface area contributed by atoms with Gasteiger partial charge >= 0.3 is 0 Å². The molecule has 0 aliphatic carbocycles. The molecule has 3 aromatic carbocycles. The molecule has 4 bridgehead atoms. The summed E-state index contributed by atoms with van der Waals surface area (Å²) in [6, 6.07) is 15.6. The van der Waals surface area contributed by atoms with E-state index in [0.717, 1.165) is 6.42 Å². The van der Waals surface area contributed by atoms with Crippen LogP contribution in [0, 0.1) is 35.5 Å². The average Bonchev–Trinajstić information content (AvgIpc) is 3.23. The maximum Gasteiger partial charge on any atom is 0.226 e. The third kappa shape index (κ3) is 13.4. The normalized spacial score (nSPS) is 17.2. The van der Waals surface area contributed by atoms with E-state index in [0.29, 0.717) is 57.2 Å². The molecule has 7 N–H and O–H groups in total. The molecule has 3 aromatic rings. The first-order valence-electron chi connectivity index (χ1n) is 21.4. The number of nitrogens with one attached hydrogen (secondary N) is 1. The summed E-state index contributed by atoms with van der Waals surface area (Å²) >= 11 is 0. The van der Waals surface area contributed by atoms with Crippen LogP contribution in [0.5, 0.6) is 17.2 Å². The molecule has 0 radical (unpaired) electrons. The highest BCUT2D eigenvalue weighted by atomic mass is 16.5. The fourth-order valence-corrected chi connectivity index (χ4v) is 7.49. The molecule has 0 aromatic heterocycles. The molecule has 14 heteroatoms. The molecule has 0 unspecified atom stereocenters. The van der Waals surface area contributed by atoms with Crippen LogP contribution in [0.4, 0.5) is 0 Å². The van der Waals surface area contributed by atoms with Gasteiger partial charge in [-0.05, 0) is 97.3 Å². The maximum atomic E-state index is 14.7. The topological polar surface area (TPSA) is 230 Å². The highest BCUT2D eigenvalue weighted by Crippen LogP contribution is 2.41.